The standard InChI is InChI=1S/C23H22NO4P/c1-2-28-23(26)24-22(21(25)18-12-6-3-7-13-18)29(27,19-14-8-4-9-15-19)20-16-10-5-11-17-20/h3-17,22H,2H2,1H3,(H,24,26)/t22-/m0/s1. The molecule has 148 valence electrons. The van der Waals surface area contributed by atoms with Crippen LogP contribution in [-0.2, 0) is 9.30 Å². The molecule has 3 aromatic rings. The van der Waals surface area contributed by atoms with Gasteiger partial charge in [-0.05, 0) is 6.92 Å². The first-order valence-corrected chi connectivity index (χ1v) is 11.1. The van der Waals surface area contributed by atoms with Crippen LogP contribution in [0.2, 0.25) is 0 Å². The summed E-state index contributed by atoms with van der Waals surface area (Å²) in [5, 5.41) is 3.55. The van der Waals surface area contributed by atoms with Gasteiger partial charge in [0.25, 0.3) is 0 Å². The SMILES string of the molecule is CCOC(=O)N[C@H](C(=O)c1ccccc1)P(=O)(c1ccccc1)c1ccccc1. The van der Waals surface area contributed by atoms with E-state index in [0.29, 0.717) is 16.2 Å². The molecule has 5 nitrogen and oxygen atoms in total. The van der Waals surface area contributed by atoms with Crippen molar-refractivity contribution in [2.75, 3.05) is 6.61 Å². The van der Waals surface area contributed by atoms with Crippen molar-refractivity contribution in [3.05, 3.63) is 96.6 Å². The molecule has 0 aliphatic rings. The lowest BCUT2D eigenvalue weighted by Gasteiger charge is -2.28. The summed E-state index contributed by atoms with van der Waals surface area (Å²) in [7, 11) is -3.59. The van der Waals surface area contributed by atoms with E-state index in [0.717, 1.165) is 0 Å². The van der Waals surface area contributed by atoms with Gasteiger partial charge in [0.15, 0.2) is 18.7 Å². The fourth-order valence-corrected chi connectivity index (χ4v) is 6.00. The van der Waals surface area contributed by atoms with E-state index in [-0.39, 0.29) is 6.61 Å². The van der Waals surface area contributed by atoms with Crippen LogP contribution >= 0.6 is 7.14 Å². The van der Waals surface area contributed by atoms with Crippen molar-refractivity contribution in [1.29, 1.82) is 0 Å². The second-order valence-corrected chi connectivity index (χ2v) is 9.19. The topological polar surface area (TPSA) is 72.5 Å². The fourth-order valence-electron chi connectivity index (χ4n) is 3.11. The third kappa shape index (κ3) is 4.47. The molecule has 6 heteroatoms. The summed E-state index contributed by atoms with van der Waals surface area (Å²) < 4.78 is 19.6. The van der Waals surface area contributed by atoms with E-state index in [4.69, 9.17) is 4.74 Å². The van der Waals surface area contributed by atoms with Gasteiger partial charge in [0.05, 0.1) is 6.61 Å². The van der Waals surface area contributed by atoms with Gasteiger partial charge in [0, 0.05) is 16.2 Å². The minimum atomic E-state index is -3.59. The lowest BCUT2D eigenvalue weighted by Crippen LogP contribution is -2.45. The molecule has 0 bridgehead atoms. The van der Waals surface area contributed by atoms with Gasteiger partial charge in [0.1, 0.15) is 0 Å². The van der Waals surface area contributed by atoms with E-state index >= 15 is 0 Å². The zero-order chi connectivity index (χ0) is 20.7. The minimum Gasteiger partial charge on any atom is -0.450 e. The van der Waals surface area contributed by atoms with Crippen molar-refractivity contribution >= 4 is 29.6 Å². The van der Waals surface area contributed by atoms with Crippen LogP contribution in [0, 0.1) is 0 Å². The summed E-state index contributed by atoms with van der Waals surface area (Å²) in [6.07, 6.45) is -0.783. The highest BCUT2D eigenvalue weighted by atomic mass is 31.2. The molecule has 1 N–H and O–H groups in total. The smallest absolute Gasteiger partial charge is 0.408 e. The van der Waals surface area contributed by atoms with Crippen LogP contribution in [0.5, 0.6) is 0 Å². The Morgan fingerprint density at radius 1 is 0.828 bits per heavy atom. The van der Waals surface area contributed by atoms with E-state index in [9.17, 15) is 14.2 Å². The maximum Gasteiger partial charge on any atom is 0.408 e. The number of carbonyl (C=O) groups is 2. The molecule has 0 heterocycles. The van der Waals surface area contributed by atoms with Gasteiger partial charge in [-0.1, -0.05) is 91.0 Å². The molecule has 0 unspecified atom stereocenters. The van der Waals surface area contributed by atoms with Crippen LogP contribution in [0.1, 0.15) is 17.3 Å². The lowest BCUT2D eigenvalue weighted by molar-refractivity contribution is 0.0960. The van der Waals surface area contributed by atoms with Crippen molar-refractivity contribution in [2.24, 2.45) is 0 Å². The Labute approximate surface area is 170 Å². The van der Waals surface area contributed by atoms with Crippen LogP contribution in [0.3, 0.4) is 0 Å². The third-order valence-corrected chi connectivity index (χ3v) is 7.70. The van der Waals surface area contributed by atoms with Crippen molar-refractivity contribution in [3.8, 4) is 0 Å². The summed E-state index contributed by atoms with van der Waals surface area (Å²) in [6.45, 7) is 1.81. The molecule has 1 amide bonds. The molecule has 0 aliphatic carbocycles. The number of ketones is 1. The predicted molar refractivity (Wildman–Crippen MR) is 114 cm³/mol. The molecule has 3 rings (SSSR count). The highest BCUT2D eigenvalue weighted by molar-refractivity contribution is 7.80. The average molecular weight is 407 g/mol. The number of amides is 1. The van der Waals surface area contributed by atoms with Gasteiger partial charge < -0.3 is 14.6 Å². The van der Waals surface area contributed by atoms with Crippen LogP contribution in [0.15, 0.2) is 91.0 Å². The molecule has 0 fully saturated rings. The zero-order valence-corrected chi connectivity index (χ0v) is 16.9. The van der Waals surface area contributed by atoms with Crippen molar-refractivity contribution in [1.82, 2.24) is 5.32 Å². The van der Waals surface area contributed by atoms with Gasteiger partial charge in [0.2, 0.25) is 0 Å². The number of nitrogens with one attached hydrogen (secondary N) is 1. The molecule has 0 radical (unpaired) electrons. The monoisotopic (exact) mass is 407 g/mol. The van der Waals surface area contributed by atoms with Crippen LogP contribution in [0.4, 0.5) is 4.79 Å². The first kappa shape index (κ1) is 20.6. The van der Waals surface area contributed by atoms with Gasteiger partial charge in [-0.3, -0.25) is 4.79 Å². The molecule has 0 aliphatic heterocycles. The summed E-state index contributed by atoms with van der Waals surface area (Å²) in [6, 6.07) is 26.1. The first-order valence-electron chi connectivity index (χ1n) is 9.31. The summed E-state index contributed by atoms with van der Waals surface area (Å²) >= 11 is 0. The molecule has 29 heavy (non-hydrogen) atoms. The number of benzene rings is 3. The molecule has 3 aromatic carbocycles. The van der Waals surface area contributed by atoms with E-state index in [2.05, 4.69) is 5.32 Å². The number of rotatable bonds is 7. The summed E-state index contributed by atoms with van der Waals surface area (Å²) in [5.41, 5.74) is 0.362. The third-order valence-electron chi connectivity index (χ3n) is 4.48. The zero-order valence-electron chi connectivity index (χ0n) is 16.0. The van der Waals surface area contributed by atoms with Gasteiger partial charge in [-0.15, -0.1) is 0 Å². The Morgan fingerprint density at radius 2 is 1.28 bits per heavy atom. The predicted octanol–water partition coefficient (Wildman–Crippen LogP) is 3.96. The van der Waals surface area contributed by atoms with Crippen molar-refractivity contribution in [2.45, 2.75) is 12.7 Å². The number of Topliss-reactive ketones (excluding diaryl/α,β-unsaturated/α-hetero) is 1. The van der Waals surface area contributed by atoms with Crippen LogP contribution in [0.25, 0.3) is 0 Å². The number of hydrogen-bond acceptors (Lipinski definition) is 4. The Balaban J connectivity index is 2.19. The maximum absolute atomic E-state index is 14.6. The fraction of sp³-hybridized carbons (Fsp3) is 0.130. The highest BCUT2D eigenvalue weighted by Gasteiger charge is 2.43. The van der Waals surface area contributed by atoms with Gasteiger partial charge in [-0.25, -0.2) is 4.79 Å². The number of alkyl carbamates (subject to hydrolysis) is 1. The minimum absolute atomic E-state index is 0.138. The van der Waals surface area contributed by atoms with E-state index in [1.807, 2.05) is 12.1 Å². The van der Waals surface area contributed by atoms with Crippen LogP contribution in [-0.4, -0.2) is 24.3 Å². The Hall–Kier alpha value is -3.17. The van der Waals surface area contributed by atoms with Gasteiger partial charge in [-0.2, -0.15) is 0 Å². The average Bonchev–Trinajstić information content (AvgIpc) is 2.78. The molecule has 0 spiro atoms. The quantitative estimate of drug-likeness (QED) is 0.475. The van der Waals surface area contributed by atoms with E-state index in [1.54, 1.807) is 85.8 Å². The molecule has 0 saturated heterocycles. The molecular formula is C23H22NO4P. The number of carbonyl (C=O) groups excluding carboxylic acids is 2. The Bertz CT molecular complexity index is 963. The molecule has 0 saturated carbocycles. The molecule has 0 aromatic heterocycles. The van der Waals surface area contributed by atoms with Crippen LogP contribution < -0.4 is 15.9 Å². The van der Waals surface area contributed by atoms with E-state index in [1.165, 1.54) is 0 Å². The number of ether oxygens (including phenoxy) is 1. The normalized spacial score (nSPS) is 12.0. The Morgan fingerprint density at radius 3 is 1.72 bits per heavy atom. The van der Waals surface area contributed by atoms with Crippen molar-refractivity contribution in [3.63, 3.8) is 0 Å². The second-order valence-electron chi connectivity index (χ2n) is 6.33. The second kappa shape index (κ2) is 9.35. The largest absolute Gasteiger partial charge is 0.450 e. The number of hydrogen-bond donors (Lipinski definition) is 1. The first-order chi connectivity index (χ1) is 14.1. The lowest BCUT2D eigenvalue weighted by atomic mass is 10.1. The maximum atomic E-state index is 14.6. The van der Waals surface area contributed by atoms with Crippen molar-refractivity contribution < 1.29 is 18.9 Å². The van der Waals surface area contributed by atoms with E-state index < -0.39 is 24.8 Å². The highest BCUT2D eigenvalue weighted by Crippen LogP contribution is 2.48. The summed E-state index contributed by atoms with van der Waals surface area (Å²) in [5.74, 6) is -1.73. The summed E-state index contributed by atoms with van der Waals surface area (Å²) in [4.78, 5) is 25.7. The molecule has 1 atom stereocenters. The van der Waals surface area contributed by atoms with Gasteiger partial charge >= 0.3 is 6.09 Å². The Kier molecular flexibility index (Phi) is 6.63. The molecular weight excluding hydrogens is 385 g/mol.